The molecule has 1 aromatic rings. The third kappa shape index (κ3) is 6.22. The number of hydrogen-bond acceptors (Lipinski definition) is 4. The van der Waals surface area contributed by atoms with Gasteiger partial charge in [0.2, 0.25) is 5.91 Å². The summed E-state index contributed by atoms with van der Waals surface area (Å²) in [6, 6.07) is 9.71. The van der Waals surface area contributed by atoms with Gasteiger partial charge in [0.25, 0.3) is 0 Å². The monoisotopic (exact) mass is 278 g/mol. The van der Waals surface area contributed by atoms with E-state index in [1.807, 2.05) is 42.3 Å². The number of benzene rings is 1. The highest BCUT2D eigenvalue weighted by molar-refractivity contribution is 5.81. The number of carbonyl (C=O) groups is 2. The Labute approximate surface area is 119 Å². The smallest absolute Gasteiger partial charge is 0.305 e. The highest BCUT2D eigenvalue weighted by atomic mass is 16.5. The van der Waals surface area contributed by atoms with Crippen LogP contribution in [0.2, 0.25) is 0 Å². The Morgan fingerprint density at radius 2 is 1.95 bits per heavy atom. The molecule has 0 saturated carbocycles. The molecule has 0 fully saturated rings. The summed E-state index contributed by atoms with van der Waals surface area (Å²) in [4.78, 5) is 24.7. The van der Waals surface area contributed by atoms with Gasteiger partial charge in [0, 0.05) is 25.7 Å². The number of para-hydroxylation sites is 1. The molecule has 0 radical (unpaired) electrons. The highest BCUT2D eigenvalue weighted by Crippen LogP contribution is 2.09. The normalized spacial score (nSPS) is 9.90. The lowest BCUT2D eigenvalue weighted by Crippen LogP contribution is -2.35. The maximum Gasteiger partial charge on any atom is 0.305 e. The van der Waals surface area contributed by atoms with E-state index in [0.29, 0.717) is 32.5 Å². The molecule has 0 bridgehead atoms. The van der Waals surface area contributed by atoms with Crippen LogP contribution in [-0.2, 0) is 14.3 Å². The van der Waals surface area contributed by atoms with Gasteiger partial charge in [0.1, 0.15) is 0 Å². The number of anilines is 1. The largest absolute Gasteiger partial charge is 0.466 e. The third-order valence-electron chi connectivity index (χ3n) is 2.76. The first-order valence-corrected chi connectivity index (χ1v) is 6.82. The fourth-order valence-electron chi connectivity index (χ4n) is 1.74. The molecular formula is C15H22N2O3. The Balaban J connectivity index is 2.19. The molecule has 0 atom stereocenters. The van der Waals surface area contributed by atoms with Crippen molar-refractivity contribution in [1.82, 2.24) is 5.32 Å². The Morgan fingerprint density at radius 3 is 2.60 bits per heavy atom. The van der Waals surface area contributed by atoms with Crippen LogP contribution in [-0.4, -0.2) is 38.6 Å². The fourth-order valence-corrected chi connectivity index (χ4v) is 1.74. The Morgan fingerprint density at radius 1 is 1.25 bits per heavy atom. The van der Waals surface area contributed by atoms with Crippen LogP contribution in [0.25, 0.3) is 0 Å². The van der Waals surface area contributed by atoms with Crippen molar-refractivity contribution in [1.29, 1.82) is 0 Å². The average Bonchev–Trinajstić information content (AvgIpc) is 2.45. The molecule has 5 heteroatoms. The van der Waals surface area contributed by atoms with E-state index in [1.165, 1.54) is 0 Å². The van der Waals surface area contributed by atoms with Crippen molar-refractivity contribution in [3.8, 4) is 0 Å². The van der Waals surface area contributed by atoms with Crippen molar-refractivity contribution in [3.05, 3.63) is 30.3 Å². The van der Waals surface area contributed by atoms with Crippen LogP contribution in [0.15, 0.2) is 30.3 Å². The quantitative estimate of drug-likeness (QED) is 0.579. The van der Waals surface area contributed by atoms with Crippen LogP contribution >= 0.6 is 0 Å². The van der Waals surface area contributed by atoms with Gasteiger partial charge in [-0.05, 0) is 25.5 Å². The number of ether oxygens (including phenoxy) is 1. The number of nitrogens with one attached hydrogen (secondary N) is 1. The minimum Gasteiger partial charge on any atom is -0.466 e. The van der Waals surface area contributed by atoms with E-state index in [0.717, 1.165) is 5.69 Å². The van der Waals surface area contributed by atoms with Gasteiger partial charge < -0.3 is 15.0 Å². The van der Waals surface area contributed by atoms with Gasteiger partial charge in [-0.15, -0.1) is 0 Å². The highest BCUT2D eigenvalue weighted by Gasteiger charge is 2.07. The van der Waals surface area contributed by atoms with Crippen LogP contribution in [0, 0.1) is 0 Å². The van der Waals surface area contributed by atoms with Gasteiger partial charge in [0.15, 0.2) is 0 Å². The Bertz CT molecular complexity index is 420. The van der Waals surface area contributed by atoms with E-state index < -0.39 is 0 Å². The van der Waals surface area contributed by atoms with E-state index in [1.54, 1.807) is 6.92 Å². The predicted octanol–water partition coefficient (Wildman–Crippen LogP) is 1.58. The molecule has 20 heavy (non-hydrogen) atoms. The molecule has 1 N–H and O–H groups in total. The fraction of sp³-hybridized carbons (Fsp3) is 0.467. The molecule has 0 saturated heterocycles. The molecule has 1 aromatic carbocycles. The van der Waals surface area contributed by atoms with Crippen molar-refractivity contribution in [2.24, 2.45) is 0 Å². The standard InChI is InChI=1S/C15H22N2O3/c1-3-20-15(19)10-7-11-16-14(18)12-17(2)13-8-5-4-6-9-13/h4-6,8-9H,3,7,10-12H2,1-2H3,(H,16,18). The first-order valence-electron chi connectivity index (χ1n) is 6.82. The second-order valence-corrected chi connectivity index (χ2v) is 4.45. The first-order chi connectivity index (χ1) is 9.63. The molecule has 5 nitrogen and oxygen atoms in total. The SMILES string of the molecule is CCOC(=O)CCCNC(=O)CN(C)c1ccccc1. The van der Waals surface area contributed by atoms with Crippen LogP contribution in [0.1, 0.15) is 19.8 Å². The second-order valence-electron chi connectivity index (χ2n) is 4.45. The number of likely N-dealkylation sites (N-methyl/N-ethyl adjacent to an activating group) is 1. The molecular weight excluding hydrogens is 256 g/mol. The summed E-state index contributed by atoms with van der Waals surface area (Å²) < 4.78 is 4.81. The minimum absolute atomic E-state index is 0.0554. The van der Waals surface area contributed by atoms with Crippen LogP contribution in [0.5, 0.6) is 0 Å². The van der Waals surface area contributed by atoms with Crippen molar-refractivity contribution < 1.29 is 14.3 Å². The van der Waals surface area contributed by atoms with Crippen molar-refractivity contribution in [3.63, 3.8) is 0 Å². The summed E-state index contributed by atoms with van der Waals surface area (Å²) in [7, 11) is 1.87. The number of nitrogens with zero attached hydrogens (tertiary/aromatic N) is 1. The second kappa shape index (κ2) is 8.96. The Kier molecular flexibility index (Phi) is 7.17. The zero-order valence-electron chi connectivity index (χ0n) is 12.1. The molecule has 0 spiro atoms. The molecule has 1 rings (SSSR count). The molecule has 0 aliphatic heterocycles. The van der Waals surface area contributed by atoms with Crippen LogP contribution in [0.3, 0.4) is 0 Å². The molecule has 0 heterocycles. The van der Waals surface area contributed by atoms with Crippen molar-refractivity contribution in [2.75, 3.05) is 31.6 Å². The lowest BCUT2D eigenvalue weighted by Gasteiger charge is -2.18. The minimum atomic E-state index is -0.219. The summed E-state index contributed by atoms with van der Waals surface area (Å²) in [5.41, 5.74) is 0.995. The zero-order valence-corrected chi connectivity index (χ0v) is 12.1. The maximum atomic E-state index is 11.7. The topological polar surface area (TPSA) is 58.6 Å². The van der Waals surface area contributed by atoms with E-state index in [-0.39, 0.29) is 11.9 Å². The van der Waals surface area contributed by atoms with E-state index in [4.69, 9.17) is 4.74 Å². The zero-order chi connectivity index (χ0) is 14.8. The number of carbonyl (C=O) groups excluding carboxylic acids is 2. The average molecular weight is 278 g/mol. The predicted molar refractivity (Wildman–Crippen MR) is 78.6 cm³/mol. The van der Waals surface area contributed by atoms with E-state index >= 15 is 0 Å². The molecule has 0 aliphatic rings. The lowest BCUT2D eigenvalue weighted by molar-refractivity contribution is -0.143. The third-order valence-corrected chi connectivity index (χ3v) is 2.76. The number of esters is 1. The maximum absolute atomic E-state index is 11.7. The van der Waals surface area contributed by atoms with Crippen LogP contribution < -0.4 is 10.2 Å². The summed E-state index contributed by atoms with van der Waals surface area (Å²) in [6.07, 6.45) is 0.933. The summed E-state index contributed by atoms with van der Waals surface area (Å²) in [6.45, 7) is 2.95. The first kappa shape index (κ1) is 16.0. The van der Waals surface area contributed by atoms with Gasteiger partial charge in [0.05, 0.1) is 13.2 Å². The van der Waals surface area contributed by atoms with Crippen LogP contribution in [0.4, 0.5) is 5.69 Å². The molecule has 0 aliphatic carbocycles. The number of rotatable bonds is 8. The van der Waals surface area contributed by atoms with Crippen molar-refractivity contribution in [2.45, 2.75) is 19.8 Å². The van der Waals surface area contributed by atoms with Crippen molar-refractivity contribution >= 4 is 17.6 Å². The summed E-state index contributed by atoms with van der Waals surface area (Å²) in [5.74, 6) is -0.275. The number of amides is 1. The van der Waals surface area contributed by atoms with E-state index in [2.05, 4.69) is 5.32 Å². The summed E-state index contributed by atoms with van der Waals surface area (Å²) >= 11 is 0. The Hall–Kier alpha value is -2.04. The van der Waals surface area contributed by atoms with Gasteiger partial charge in [-0.25, -0.2) is 0 Å². The molecule has 1 amide bonds. The van der Waals surface area contributed by atoms with E-state index in [9.17, 15) is 9.59 Å². The van der Waals surface area contributed by atoms with Gasteiger partial charge in [-0.2, -0.15) is 0 Å². The van der Waals surface area contributed by atoms with Gasteiger partial charge >= 0.3 is 5.97 Å². The molecule has 110 valence electrons. The van der Waals surface area contributed by atoms with Gasteiger partial charge in [-0.3, -0.25) is 9.59 Å². The summed E-state index contributed by atoms with van der Waals surface area (Å²) in [5, 5.41) is 2.79. The molecule has 0 unspecified atom stereocenters. The lowest BCUT2D eigenvalue weighted by atomic mass is 10.3. The number of hydrogen-bond donors (Lipinski definition) is 1. The van der Waals surface area contributed by atoms with Gasteiger partial charge in [-0.1, -0.05) is 18.2 Å². The molecule has 0 aromatic heterocycles.